The molecule has 0 radical (unpaired) electrons. The lowest BCUT2D eigenvalue weighted by molar-refractivity contribution is -0.122. The van der Waals surface area contributed by atoms with Crippen molar-refractivity contribution in [3.05, 3.63) is 28.6 Å². The minimum absolute atomic E-state index is 0.0944. The molecule has 0 bridgehead atoms. The van der Waals surface area contributed by atoms with Gasteiger partial charge >= 0.3 is 0 Å². The van der Waals surface area contributed by atoms with Gasteiger partial charge in [0.05, 0.1) is 10.7 Å². The summed E-state index contributed by atoms with van der Waals surface area (Å²) in [6, 6.07) is -0.296. The minimum Gasteiger partial charge on any atom is -0.343 e. The lowest BCUT2D eigenvalue weighted by atomic mass is 10.2. The summed E-state index contributed by atoms with van der Waals surface area (Å²) in [4.78, 5) is 16.1. The maximum Gasteiger partial charge on any atom is 0.249 e. The number of hydrogen-bond acceptors (Lipinski definition) is 5. The molecule has 0 aliphatic carbocycles. The highest BCUT2D eigenvalue weighted by molar-refractivity contribution is 6.31. The highest BCUT2D eigenvalue weighted by Crippen LogP contribution is 2.15. The molecule has 2 heterocycles. The second-order valence-electron chi connectivity index (χ2n) is 4.47. The van der Waals surface area contributed by atoms with Crippen molar-refractivity contribution >= 4 is 17.5 Å². The van der Waals surface area contributed by atoms with Gasteiger partial charge in [0.1, 0.15) is 12.6 Å². The number of aromatic nitrogens is 4. The van der Waals surface area contributed by atoms with Gasteiger partial charge in [0.25, 0.3) is 0 Å². The van der Waals surface area contributed by atoms with Crippen LogP contribution in [0.2, 0.25) is 5.02 Å². The fourth-order valence-electron chi connectivity index (χ4n) is 1.75. The second kappa shape index (κ2) is 6.04. The number of hydrogen-bond donors (Lipinski definition) is 1. The summed E-state index contributed by atoms with van der Waals surface area (Å²) in [5.74, 6) is 0.766. The lowest BCUT2D eigenvalue weighted by Gasteiger charge is -2.12. The highest BCUT2D eigenvalue weighted by Gasteiger charge is 2.19. The number of halogens is 1. The van der Waals surface area contributed by atoms with Gasteiger partial charge in [-0.15, -0.1) is 0 Å². The van der Waals surface area contributed by atoms with Crippen LogP contribution in [0.3, 0.4) is 0 Å². The van der Waals surface area contributed by atoms with Crippen molar-refractivity contribution in [2.75, 3.05) is 0 Å². The largest absolute Gasteiger partial charge is 0.343 e. The number of nitrogens with one attached hydrogen (secondary N) is 1. The van der Waals surface area contributed by atoms with E-state index in [1.165, 1.54) is 4.68 Å². The first kappa shape index (κ1) is 14.5. The van der Waals surface area contributed by atoms with Crippen LogP contribution in [-0.4, -0.2) is 25.8 Å². The summed E-state index contributed by atoms with van der Waals surface area (Å²) in [7, 11) is 0. The maximum absolute atomic E-state index is 12.0. The van der Waals surface area contributed by atoms with Crippen molar-refractivity contribution in [3.63, 3.8) is 0 Å². The Balaban J connectivity index is 1.99. The molecule has 1 atom stereocenters. The first-order valence-corrected chi connectivity index (χ1v) is 6.66. The molecule has 1 N–H and O–H groups in total. The first-order valence-electron chi connectivity index (χ1n) is 6.28. The Kier molecular flexibility index (Phi) is 4.39. The smallest absolute Gasteiger partial charge is 0.249 e. The normalized spacial score (nSPS) is 12.4. The van der Waals surface area contributed by atoms with Crippen LogP contribution in [0.5, 0.6) is 0 Å². The third-order valence-electron chi connectivity index (χ3n) is 2.78. The van der Waals surface area contributed by atoms with E-state index in [9.17, 15) is 4.79 Å². The van der Waals surface area contributed by atoms with Crippen LogP contribution in [-0.2, 0) is 11.3 Å². The van der Waals surface area contributed by atoms with E-state index in [1.807, 2.05) is 6.92 Å². The van der Waals surface area contributed by atoms with E-state index in [0.29, 0.717) is 28.9 Å². The summed E-state index contributed by atoms with van der Waals surface area (Å²) in [6.07, 6.45) is 2.28. The van der Waals surface area contributed by atoms with Gasteiger partial charge in [-0.25, -0.2) is 0 Å². The van der Waals surface area contributed by atoms with E-state index in [1.54, 1.807) is 20.0 Å². The van der Waals surface area contributed by atoms with E-state index in [2.05, 4.69) is 20.6 Å². The quantitative estimate of drug-likeness (QED) is 0.909. The molecule has 8 heteroatoms. The predicted molar refractivity (Wildman–Crippen MR) is 72.2 cm³/mol. The molecule has 0 spiro atoms. The zero-order chi connectivity index (χ0) is 14.7. The topological polar surface area (TPSA) is 85.8 Å². The Morgan fingerprint density at radius 1 is 1.55 bits per heavy atom. The molecular formula is C12H16ClN5O2. The van der Waals surface area contributed by atoms with Crippen molar-refractivity contribution in [2.45, 2.75) is 39.8 Å². The van der Waals surface area contributed by atoms with Crippen LogP contribution in [0.25, 0.3) is 0 Å². The fourth-order valence-corrected chi connectivity index (χ4v) is 1.91. The summed E-state index contributed by atoms with van der Waals surface area (Å²) < 4.78 is 6.57. The number of nitrogens with zero attached hydrogens (tertiary/aromatic N) is 4. The summed E-state index contributed by atoms with van der Waals surface area (Å²) in [5, 5.41) is 11.2. The molecule has 2 aromatic heterocycles. The Labute approximate surface area is 121 Å². The Hall–Kier alpha value is -1.89. The van der Waals surface area contributed by atoms with E-state index in [4.69, 9.17) is 16.1 Å². The van der Waals surface area contributed by atoms with Gasteiger partial charge in [-0.2, -0.15) is 10.1 Å². The molecule has 7 nitrogen and oxygen atoms in total. The van der Waals surface area contributed by atoms with Gasteiger partial charge in [-0.1, -0.05) is 23.7 Å². The predicted octanol–water partition coefficient (Wildman–Crippen LogP) is 1.80. The molecule has 20 heavy (non-hydrogen) atoms. The van der Waals surface area contributed by atoms with Crippen LogP contribution in [0, 0.1) is 13.8 Å². The van der Waals surface area contributed by atoms with Crippen molar-refractivity contribution in [3.8, 4) is 0 Å². The number of carbonyl (C=O) groups excluding carboxylic acids is 1. The second-order valence-corrected chi connectivity index (χ2v) is 4.88. The van der Waals surface area contributed by atoms with Gasteiger partial charge in [0, 0.05) is 6.20 Å². The number of amides is 1. The zero-order valence-corrected chi connectivity index (χ0v) is 12.3. The van der Waals surface area contributed by atoms with Gasteiger partial charge in [0.15, 0.2) is 5.82 Å². The van der Waals surface area contributed by atoms with Crippen molar-refractivity contribution in [2.24, 2.45) is 0 Å². The molecule has 1 amide bonds. The molecule has 0 aliphatic heterocycles. The van der Waals surface area contributed by atoms with Crippen LogP contribution in [0.1, 0.15) is 36.8 Å². The average Bonchev–Trinajstić information content (AvgIpc) is 2.94. The molecule has 0 aliphatic rings. The summed E-state index contributed by atoms with van der Waals surface area (Å²) >= 11 is 5.90. The maximum atomic E-state index is 12.0. The van der Waals surface area contributed by atoms with Crippen molar-refractivity contribution in [1.29, 1.82) is 0 Å². The van der Waals surface area contributed by atoms with E-state index in [0.717, 1.165) is 0 Å². The lowest BCUT2D eigenvalue weighted by Crippen LogP contribution is -2.31. The minimum atomic E-state index is -0.296. The van der Waals surface area contributed by atoms with Gasteiger partial charge in [-0.05, 0) is 20.3 Å². The molecular weight excluding hydrogens is 282 g/mol. The summed E-state index contributed by atoms with van der Waals surface area (Å²) in [6.45, 7) is 5.54. The van der Waals surface area contributed by atoms with Crippen LogP contribution in [0.15, 0.2) is 10.7 Å². The Bertz CT molecular complexity index is 587. The van der Waals surface area contributed by atoms with Crippen LogP contribution < -0.4 is 5.32 Å². The number of carbonyl (C=O) groups is 1. The zero-order valence-electron chi connectivity index (χ0n) is 11.6. The SMILES string of the molecule is CC[C@@H](NC(=O)Cn1cc(Cl)c(C)n1)c1nc(C)no1. The van der Waals surface area contributed by atoms with Gasteiger partial charge in [-0.3, -0.25) is 9.48 Å². The fraction of sp³-hybridized carbons (Fsp3) is 0.500. The molecule has 2 rings (SSSR count). The van der Waals surface area contributed by atoms with Gasteiger partial charge < -0.3 is 9.84 Å². The first-order chi connectivity index (χ1) is 9.49. The van der Waals surface area contributed by atoms with E-state index in [-0.39, 0.29) is 18.5 Å². The Morgan fingerprint density at radius 3 is 2.80 bits per heavy atom. The standard InChI is InChI=1S/C12H16ClN5O2/c1-4-10(12-14-8(3)17-20-12)15-11(19)6-18-5-9(13)7(2)16-18/h5,10H,4,6H2,1-3H3,(H,15,19)/t10-/m1/s1. The van der Waals surface area contributed by atoms with Crippen molar-refractivity contribution < 1.29 is 9.32 Å². The highest BCUT2D eigenvalue weighted by atomic mass is 35.5. The van der Waals surface area contributed by atoms with Crippen molar-refractivity contribution in [1.82, 2.24) is 25.2 Å². The Morgan fingerprint density at radius 2 is 2.30 bits per heavy atom. The molecule has 0 unspecified atom stereocenters. The number of aryl methyl sites for hydroxylation is 2. The molecule has 0 saturated carbocycles. The average molecular weight is 298 g/mol. The monoisotopic (exact) mass is 297 g/mol. The third kappa shape index (κ3) is 3.36. The molecule has 0 saturated heterocycles. The van der Waals surface area contributed by atoms with Crippen LogP contribution >= 0.6 is 11.6 Å². The van der Waals surface area contributed by atoms with E-state index >= 15 is 0 Å². The van der Waals surface area contributed by atoms with Crippen LogP contribution in [0.4, 0.5) is 0 Å². The number of rotatable bonds is 5. The molecule has 2 aromatic rings. The molecule has 0 aromatic carbocycles. The third-order valence-corrected chi connectivity index (χ3v) is 3.15. The van der Waals surface area contributed by atoms with E-state index < -0.39 is 0 Å². The molecule has 0 fully saturated rings. The molecule has 108 valence electrons. The summed E-state index contributed by atoms with van der Waals surface area (Å²) in [5.41, 5.74) is 0.694. The van der Waals surface area contributed by atoms with Gasteiger partial charge in [0.2, 0.25) is 11.8 Å².